The largest absolute Gasteiger partial charge is 0.417 e. The maximum absolute atomic E-state index is 12.9. The molecule has 5 aromatic heterocycles. The summed E-state index contributed by atoms with van der Waals surface area (Å²) in [5, 5.41) is 13.0. The number of aromatic nitrogens is 7. The van der Waals surface area contributed by atoms with Gasteiger partial charge in [-0.1, -0.05) is 11.2 Å². The Hall–Kier alpha value is -4.22. The van der Waals surface area contributed by atoms with Crippen molar-refractivity contribution >= 4 is 11.5 Å². The minimum Gasteiger partial charge on any atom is -0.402 e. The van der Waals surface area contributed by atoms with Crippen LogP contribution >= 0.6 is 0 Å². The molecule has 1 aliphatic heterocycles. The lowest BCUT2D eigenvalue weighted by atomic mass is 10.0. The average molecular weight is 466 g/mol. The van der Waals surface area contributed by atoms with E-state index in [1.54, 1.807) is 6.33 Å². The summed E-state index contributed by atoms with van der Waals surface area (Å²) >= 11 is 0. The van der Waals surface area contributed by atoms with E-state index in [0.717, 1.165) is 40.6 Å². The van der Waals surface area contributed by atoms with Gasteiger partial charge in [0.2, 0.25) is 0 Å². The summed E-state index contributed by atoms with van der Waals surface area (Å²) in [7, 11) is 0. The van der Waals surface area contributed by atoms with Gasteiger partial charge in [-0.3, -0.25) is 4.98 Å². The van der Waals surface area contributed by atoms with Gasteiger partial charge in [-0.25, -0.2) is 9.50 Å². The standard InChI is InChI=1S/C22H17F3N8O/c1-12-3-2-4-14-9-17(31-33(12)14)19-18-15(27-11-28-18)7-8-32(19)21-30-29-20(34-21)16-6-5-13(10-26-16)22(23,24)25/h2-6,9-11,19H,7-8H2,1H3,(H,27,28)/t19-/m0/s1. The SMILES string of the molecule is Cc1cccc2cc([C@H]3c4nc[nH]c4CCN3c3nnc(-c4ccc(C(F)(F)F)cn4)o3)nn12. The van der Waals surface area contributed by atoms with Crippen molar-refractivity contribution in [2.45, 2.75) is 25.6 Å². The van der Waals surface area contributed by atoms with Crippen molar-refractivity contribution in [2.24, 2.45) is 0 Å². The Balaban J connectivity index is 1.39. The molecule has 0 saturated heterocycles. The van der Waals surface area contributed by atoms with Crippen molar-refractivity contribution in [1.29, 1.82) is 0 Å². The van der Waals surface area contributed by atoms with Crippen LogP contribution in [-0.4, -0.2) is 41.3 Å². The van der Waals surface area contributed by atoms with E-state index in [9.17, 15) is 13.2 Å². The van der Waals surface area contributed by atoms with Gasteiger partial charge in [-0.05, 0) is 37.3 Å². The average Bonchev–Trinajstić information content (AvgIpc) is 3.57. The molecule has 5 aromatic rings. The Morgan fingerprint density at radius 2 is 2.00 bits per heavy atom. The highest BCUT2D eigenvalue weighted by molar-refractivity contribution is 5.54. The van der Waals surface area contributed by atoms with Crippen LogP contribution in [0.4, 0.5) is 19.2 Å². The fraction of sp³-hybridized carbons (Fsp3) is 0.227. The zero-order valence-electron chi connectivity index (χ0n) is 17.8. The van der Waals surface area contributed by atoms with E-state index in [0.29, 0.717) is 13.0 Å². The lowest BCUT2D eigenvalue weighted by Gasteiger charge is -2.32. The second kappa shape index (κ2) is 7.40. The Labute approximate surface area is 190 Å². The number of hydrogen-bond donors (Lipinski definition) is 1. The predicted octanol–water partition coefficient (Wildman–Crippen LogP) is 3.98. The van der Waals surface area contributed by atoms with E-state index in [4.69, 9.17) is 9.52 Å². The number of fused-ring (bicyclic) bond motifs is 2. The van der Waals surface area contributed by atoms with E-state index in [2.05, 4.69) is 25.1 Å². The van der Waals surface area contributed by atoms with Crippen molar-refractivity contribution in [3.63, 3.8) is 0 Å². The summed E-state index contributed by atoms with van der Waals surface area (Å²) < 4.78 is 46.3. The molecule has 0 bridgehead atoms. The first kappa shape index (κ1) is 20.4. The third-order valence-electron chi connectivity index (χ3n) is 5.87. The molecule has 0 unspecified atom stereocenters. The first-order chi connectivity index (χ1) is 16.4. The number of alkyl halides is 3. The van der Waals surface area contributed by atoms with E-state index in [1.165, 1.54) is 6.07 Å². The highest BCUT2D eigenvalue weighted by Gasteiger charge is 2.36. The molecule has 1 N–H and O–H groups in total. The summed E-state index contributed by atoms with van der Waals surface area (Å²) in [5.74, 6) is 0.0288. The van der Waals surface area contributed by atoms with Crippen LogP contribution in [0.15, 0.2) is 53.3 Å². The van der Waals surface area contributed by atoms with Crippen LogP contribution in [0, 0.1) is 6.92 Å². The topological polar surface area (TPSA) is 101 Å². The molecule has 0 spiro atoms. The Morgan fingerprint density at radius 1 is 1.12 bits per heavy atom. The molecule has 0 radical (unpaired) electrons. The molecule has 172 valence electrons. The first-order valence-electron chi connectivity index (χ1n) is 10.5. The van der Waals surface area contributed by atoms with Gasteiger partial charge in [-0.15, -0.1) is 5.10 Å². The molecule has 34 heavy (non-hydrogen) atoms. The molecule has 1 atom stereocenters. The second-order valence-electron chi connectivity index (χ2n) is 8.00. The van der Waals surface area contributed by atoms with Crippen molar-refractivity contribution in [3.8, 4) is 11.6 Å². The van der Waals surface area contributed by atoms with Crippen LogP contribution in [0.2, 0.25) is 0 Å². The highest BCUT2D eigenvalue weighted by Crippen LogP contribution is 2.37. The number of hydrogen-bond acceptors (Lipinski definition) is 7. The van der Waals surface area contributed by atoms with E-state index >= 15 is 0 Å². The molecule has 0 amide bonds. The molecular formula is C22H17F3N8O. The van der Waals surface area contributed by atoms with Crippen LogP contribution in [0.1, 0.15) is 34.4 Å². The second-order valence-corrected chi connectivity index (χ2v) is 8.00. The number of halogens is 3. The minimum absolute atomic E-state index is 0.0288. The molecule has 6 heterocycles. The maximum Gasteiger partial charge on any atom is 0.417 e. The van der Waals surface area contributed by atoms with Gasteiger partial charge in [0.25, 0.3) is 5.89 Å². The van der Waals surface area contributed by atoms with Gasteiger partial charge in [0.05, 0.1) is 28.8 Å². The maximum atomic E-state index is 12.9. The molecule has 0 aromatic carbocycles. The third-order valence-corrected chi connectivity index (χ3v) is 5.87. The van der Waals surface area contributed by atoms with Crippen LogP contribution in [0.3, 0.4) is 0 Å². The Bertz CT molecular complexity index is 1480. The fourth-order valence-electron chi connectivity index (χ4n) is 4.21. The quantitative estimate of drug-likeness (QED) is 0.429. The molecule has 1 aliphatic rings. The van der Waals surface area contributed by atoms with Crippen LogP contribution in [-0.2, 0) is 12.6 Å². The third kappa shape index (κ3) is 3.29. The zero-order valence-corrected chi connectivity index (χ0v) is 17.8. The number of H-pyrrole nitrogens is 1. The number of anilines is 1. The number of nitrogens with one attached hydrogen (secondary N) is 1. The normalized spacial score (nSPS) is 16.2. The Kier molecular flexibility index (Phi) is 4.44. The summed E-state index contributed by atoms with van der Waals surface area (Å²) in [4.78, 5) is 13.5. The van der Waals surface area contributed by atoms with Gasteiger partial charge in [0.15, 0.2) is 0 Å². The van der Waals surface area contributed by atoms with E-state index in [-0.39, 0.29) is 23.6 Å². The van der Waals surface area contributed by atoms with E-state index < -0.39 is 11.7 Å². The van der Waals surface area contributed by atoms with Crippen LogP contribution < -0.4 is 4.90 Å². The summed E-state index contributed by atoms with van der Waals surface area (Å²) in [6.07, 6.45) is -1.40. The summed E-state index contributed by atoms with van der Waals surface area (Å²) in [6, 6.07) is 9.88. The van der Waals surface area contributed by atoms with Crippen molar-refractivity contribution in [1.82, 2.24) is 34.8 Å². The molecule has 12 heteroatoms. The summed E-state index contributed by atoms with van der Waals surface area (Å²) in [5.41, 5.74) is 3.80. The van der Waals surface area contributed by atoms with Gasteiger partial charge in [0, 0.05) is 30.6 Å². The predicted molar refractivity (Wildman–Crippen MR) is 114 cm³/mol. The number of imidazole rings is 1. The van der Waals surface area contributed by atoms with Crippen molar-refractivity contribution in [3.05, 3.63) is 77.3 Å². The van der Waals surface area contributed by atoms with Gasteiger partial charge >= 0.3 is 12.2 Å². The Morgan fingerprint density at radius 3 is 2.76 bits per heavy atom. The van der Waals surface area contributed by atoms with Crippen LogP contribution in [0.25, 0.3) is 17.1 Å². The van der Waals surface area contributed by atoms with Gasteiger partial charge in [0.1, 0.15) is 11.7 Å². The molecule has 6 rings (SSSR count). The molecule has 0 fully saturated rings. The smallest absolute Gasteiger partial charge is 0.402 e. The number of aromatic amines is 1. The van der Waals surface area contributed by atoms with Crippen LogP contribution in [0.5, 0.6) is 0 Å². The number of pyridine rings is 2. The van der Waals surface area contributed by atoms with Crippen molar-refractivity contribution in [2.75, 3.05) is 11.4 Å². The lowest BCUT2D eigenvalue weighted by molar-refractivity contribution is -0.137. The number of aryl methyl sites for hydroxylation is 1. The van der Waals surface area contributed by atoms with Crippen molar-refractivity contribution < 1.29 is 17.6 Å². The summed E-state index contributed by atoms with van der Waals surface area (Å²) in [6.45, 7) is 2.53. The highest BCUT2D eigenvalue weighted by atomic mass is 19.4. The number of rotatable bonds is 3. The zero-order chi connectivity index (χ0) is 23.4. The first-order valence-corrected chi connectivity index (χ1v) is 10.5. The monoisotopic (exact) mass is 466 g/mol. The molecule has 0 aliphatic carbocycles. The lowest BCUT2D eigenvalue weighted by Crippen LogP contribution is -2.37. The van der Waals surface area contributed by atoms with Gasteiger partial charge < -0.3 is 14.3 Å². The van der Waals surface area contributed by atoms with Gasteiger partial charge in [-0.2, -0.15) is 18.3 Å². The molecule has 9 nitrogen and oxygen atoms in total. The number of nitrogens with zero attached hydrogens (tertiary/aromatic N) is 7. The minimum atomic E-state index is -4.47. The molecule has 0 saturated carbocycles. The fourth-order valence-corrected chi connectivity index (χ4v) is 4.21. The molecular weight excluding hydrogens is 449 g/mol. The van der Waals surface area contributed by atoms with E-state index in [1.807, 2.05) is 40.6 Å².